The highest BCUT2D eigenvalue weighted by Crippen LogP contribution is 2.36. The lowest BCUT2D eigenvalue weighted by Crippen LogP contribution is -2.20. The van der Waals surface area contributed by atoms with Crippen molar-refractivity contribution in [3.63, 3.8) is 0 Å². The van der Waals surface area contributed by atoms with Crippen molar-refractivity contribution in [1.29, 1.82) is 0 Å². The fourth-order valence-corrected chi connectivity index (χ4v) is 3.46. The van der Waals surface area contributed by atoms with Crippen LogP contribution in [-0.4, -0.2) is 39.5 Å². The number of amides is 1. The molecular formula is C19H15N3O5S. The Morgan fingerprint density at radius 3 is 2.43 bits per heavy atom. The first-order chi connectivity index (χ1) is 13.5. The van der Waals surface area contributed by atoms with Crippen LogP contribution in [0, 0.1) is 0 Å². The van der Waals surface area contributed by atoms with Gasteiger partial charge in [-0.2, -0.15) is 0 Å². The number of ether oxygens (including phenoxy) is 1. The van der Waals surface area contributed by atoms with Gasteiger partial charge < -0.3 is 15.2 Å². The summed E-state index contributed by atoms with van der Waals surface area (Å²) >= 11 is 1.13. The zero-order valence-corrected chi connectivity index (χ0v) is 15.5. The van der Waals surface area contributed by atoms with Crippen molar-refractivity contribution >= 4 is 34.2 Å². The maximum absolute atomic E-state index is 12.6. The molecular weight excluding hydrogens is 382 g/mol. The minimum Gasteiger partial charge on any atom is -0.476 e. The van der Waals surface area contributed by atoms with Crippen LogP contribution in [0.3, 0.4) is 0 Å². The van der Waals surface area contributed by atoms with E-state index in [1.165, 1.54) is 12.4 Å². The highest BCUT2D eigenvalue weighted by molar-refractivity contribution is 7.15. The molecule has 0 aliphatic rings. The summed E-state index contributed by atoms with van der Waals surface area (Å²) in [7, 11) is 0. The number of hydrogen-bond donors (Lipinski definition) is 2. The molecule has 2 heterocycles. The van der Waals surface area contributed by atoms with E-state index in [4.69, 9.17) is 4.74 Å². The van der Waals surface area contributed by atoms with E-state index in [-0.39, 0.29) is 22.9 Å². The van der Waals surface area contributed by atoms with Crippen LogP contribution >= 0.6 is 11.3 Å². The monoisotopic (exact) mass is 397 g/mol. The average molecular weight is 397 g/mol. The van der Waals surface area contributed by atoms with Crippen LogP contribution in [0.2, 0.25) is 0 Å². The number of benzene rings is 1. The highest BCUT2D eigenvalue weighted by Gasteiger charge is 2.25. The number of carbonyl (C=O) groups is 3. The van der Waals surface area contributed by atoms with Gasteiger partial charge in [0.05, 0.1) is 6.61 Å². The summed E-state index contributed by atoms with van der Waals surface area (Å²) in [6.45, 7) is 1.85. The number of anilines is 1. The van der Waals surface area contributed by atoms with E-state index in [0.29, 0.717) is 5.56 Å². The quantitative estimate of drug-likeness (QED) is 0.612. The minimum atomic E-state index is -1.37. The Labute approximate surface area is 163 Å². The fourth-order valence-electron chi connectivity index (χ4n) is 2.51. The standard InChI is InChI=1S/C19H15N3O5S/c1-2-27-19(26)13-12(11-6-4-3-5-7-11)10-28-17(13)22-16(23)14-15(18(24)25)21-9-8-20-14/h3-10H,2H2,1H3,(H,22,23)(H,24,25). The maximum atomic E-state index is 12.6. The molecule has 142 valence electrons. The van der Waals surface area contributed by atoms with Gasteiger partial charge >= 0.3 is 11.9 Å². The molecule has 0 aliphatic heterocycles. The smallest absolute Gasteiger partial charge is 0.356 e. The number of carboxylic acids is 1. The molecule has 9 heteroatoms. The van der Waals surface area contributed by atoms with Gasteiger partial charge in [-0.05, 0) is 12.5 Å². The SMILES string of the molecule is CCOC(=O)c1c(-c2ccccc2)csc1NC(=O)c1nccnc1C(=O)O. The molecule has 0 spiro atoms. The number of nitrogens with zero attached hydrogens (tertiary/aromatic N) is 2. The number of aromatic carboxylic acids is 1. The predicted molar refractivity (Wildman–Crippen MR) is 103 cm³/mol. The molecule has 3 rings (SSSR count). The summed E-state index contributed by atoms with van der Waals surface area (Å²) in [6, 6.07) is 9.19. The molecule has 0 bridgehead atoms. The second-order valence-electron chi connectivity index (χ2n) is 5.45. The fraction of sp³-hybridized carbons (Fsp3) is 0.105. The molecule has 2 aromatic heterocycles. The Kier molecular flexibility index (Phi) is 5.75. The summed E-state index contributed by atoms with van der Waals surface area (Å²) in [6.07, 6.45) is 2.40. The molecule has 0 unspecified atom stereocenters. The molecule has 1 aromatic carbocycles. The Morgan fingerprint density at radius 2 is 1.79 bits per heavy atom. The summed E-state index contributed by atoms with van der Waals surface area (Å²) in [4.78, 5) is 43.9. The van der Waals surface area contributed by atoms with Crippen LogP contribution in [0.15, 0.2) is 48.1 Å². The van der Waals surface area contributed by atoms with Gasteiger partial charge in [0.25, 0.3) is 5.91 Å². The Hall–Kier alpha value is -3.59. The van der Waals surface area contributed by atoms with Crippen molar-refractivity contribution in [2.75, 3.05) is 11.9 Å². The molecule has 8 nitrogen and oxygen atoms in total. The van der Waals surface area contributed by atoms with Crippen molar-refractivity contribution in [3.05, 3.63) is 65.1 Å². The van der Waals surface area contributed by atoms with Crippen LogP contribution in [-0.2, 0) is 4.74 Å². The van der Waals surface area contributed by atoms with E-state index in [2.05, 4.69) is 15.3 Å². The second kappa shape index (κ2) is 8.40. The topological polar surface area (TPSA) is 118 Å². The van der Waals surface area contributed by atoms with Crippen LogP contribution in [0.4, 0.5) is 5.00 Å². The number of esters is 1. The molecule has 0 radical (unpaired) electrons. The number of thiophene rings is 1. The predicted octanol–water partition coefficient (Wildman–Crippen LogP) is 3.33. The van der Waals surface area contributed by atoms with Crippen LogP contribution in [0.5, 0.6) is 0 Å². The number of rotatable bonds is 6. The first-order valence-corrected chi connectivity index (χ1v) is 9.10. The highest BCUT2D eigenvalue weighted by atomic mass is 32.1. The average Bonchev–Trinajstić information content (AvgIpc) is 3.12. The zero-order chi connectivity index (χ0) is 20.1. The van der Waals surface area contributed by atoms with Crippen molar-refractivity contribution in [2.45, 2.75) is 6.92 Å². The van der Waals surface area contributed by atoms with E-state index in [1.54, 1.807) is 12.3 Å². The molecule has 0 saturated heterocycles. The third-order valence-corrected chi connectivity index (χ3v) is 4.59. The largest absolute Gasteiger partial charge is 0.476 e. The summed E-state index contributed by atoms with van der Waals surface area (Å²) < 4.78 is 5.13. The van der Waals surface area contributed by atoms with E-state index < -0.39 is 23.5 Å². The molecule has 0 aliphatic carbocycles. The van der Waals surface area contributed by atoms with Crippen LogP contribution < -0.4 is 5.32 Å². The number of carboxylic acid groups (broad SMARTS) is 1. The molecule has 0 atom stereocenters. The third-order valence-electron chi connectivity index (χ3n) is 3.70. The maximum Gasteiger partial charge on any atom is 0.356 e. The van der Waals surface area contributed by atoms with Gasteiger partial charge in [-0.3, -0.25) is 4.79 Å². The van der Waals surface area contributed by atoms with Crippen LogP contribution in [0.25, 0.3) is 11.1 Å². The van der Waals surface area contributed by atoms with Crippen molar-refractivity contribution < 1.29 is 24.2 Å². The van der Waals surface area contributed by atoms with Gasteiger partial charge in [-0.15, -0.1) is 11.3 Å². The number of nitrogens with one attached hydrogen (secondary N) is 1. The van der Waals surface area contributed by atoms with Gasteiger partial charge in [0.2, 0.25) is 0 Å². The van der Waals surface area contributed by atoms with Crippen molar-refractivity contribution in [3.8, 4) is 11.1 Å². The third kappa shape index (κ3) is 3.89. The van der Waals surface area contributed by atoms with Gasteiger partial charge in [-0.25, -0.2) is 19.6 Å². The van der Waals surface area contributed by atoms with Gasteiger partial charge in [-0.1, -0.05) is 30.3 Å². The second-order valence-corrected chi connectivity index (χ2v) is 6.33. The Bertz CT molecular complexity index is 1030. The first kappa shape index (κ1) is 19.2. The van der Waals surface area contributed by atoms with E-state index in [9.17, 15) is 19.5 Å². The lowest BCUT2D eigenvalue weighted by atomic mass is 10.0. The van der Waals surface area contributed by atoms with E-state index >= 15 is 0 Å². The number of hydrogen-bond acceptors (Lipinski definition) is 7. The first-order valence-electron chi connectivity index (χ1n) is 8.22. The number of aromatic nitrogens is 2. The molecule has 3 aromatic rings. The van der Waals surface area contributed by atoms with Crippen LogP contribution in [0.1, 0.15) is 38.3 Å². The summed E-state index contributed by atoms with van der Waals surface area (Å²) in [5.74, 6) is -2.74. The molecule has 1 amide bonds. The minimum absolute atomic E-state index is 0.170. The summed E-state index contributed by atoms with van der Waals surface area (Å²) in [5, 5.41) is 13.7. The Morgan fingerprint density at radius 1 is 1.11 bits per heavy atom. The lowest BCUT2D eigenvalue weighted by Gasteiger charge is -2.09. The molecule has 28 heavy (non-hydrogen) atoms. The number of carbonyl (C=O) groups excluding carboxylic acids is 2. The molecule has 0 saturated carbocycles. The van der Waals surface area contributed by atoms with E-state index in [1.807, 2.05) is 30.3 Å². The molecule has 0 fully saturated rings. The zero-order valence-electron chi connectivity index (χ0n) is 14.7. The normalized spacial score (nSPS) is 10.3. The van der Waals surface area contributed by atoms with Gasteiger partial charge in [0.1, 0.15) is 10.6 Å². The van der Waals surface area contributed by atoms with Crippen molar-refractivity contribution in [1.82, 2.24) is 9.97 Å². The van der Waals surface area contributed by atoms with Gasteiger partial charge in [0.15, 0.2) is 11.4 Å². The summed E-state index contributed by atoms with van der Waals surface area (Å²) in [5.41, 5.74) is 0.772. The van der Waals surface area contributed by atoms with Crippen molar-refractivity contribution in [2.24, 2.45) is 0 Å². The molecule has 2 N–H and O–H groups in total. The van der Waals surface area contributed by atoms with E-state index in [0.717, 1.165) is 16.9 Å². The lowest BCUT2D eigenvalue weighted by molar-refractivity contribution is 0.0528. The Balaban J connectivity index is 2.01. The van der Waals surface area contributed by atoms with Gasteiger partial charge in [0, 0.05) is 23.3 Å².